The number of hydrogen-bond acceptors (Lipinski definition) is 4. The molecule has 0 fully saturated rings. The van der Waals surface area contributed by atoms with Gasteiger partial charge in [0.1, 0.15) is 12.1 Å². The molecular weight excluding hydrogens is 299 g/mol. The van der Waals surface area contributed by atoms with Crippen LogP contribution in [0, 0.1) is 5.82 Å². The van der Waals surface area contributed by atoms with Crippen LogP contribution in [0.25, 0.3) is 11.3 Å². The van der Waals surface area contributed by atoms with Gasteiger partial charge in [0.15, 0.2) is 5.82 Å². The Bertz CT molecular complexity index is 840. The molecule has 1 amide bonds. The molecular formula is C15H15FN6O. The molecule has 0 unspecified atom stereocenters. The van der Waals surface area contributed by atoms with Crippen LogP contribution in [-0.4, -0.2) is 30.9 Å². The third kappa shape index (κ3) is 2.83. The standard InChI is InChI=1S/C15H15FN6O/c1-9(14-21-18-8-22(14)2)19-15(23)11-7-17-20-13(11)10-5-3-4-6-12(10)16/h3-9H,1-2H3,(H,17,20)(H,19,23)/t9-/m1/s1. The second-order valence-corrected chi connectivity index (χ2v) is 5.13. The number of amides is 1. The summed E-state index contributed by atoms with van der Waals surface area (Å²) in [4.78, 5) is 12.5. The summed E-state index contributed by atoms with van der Waals surface area (Å²) in [6, 6.07) is 5.86. The van der Waals surface area contributed by atoms with Crippen molar-refractivity contribution in [3.05, 3.63) is 54.0 Å². The lowest BCUT2D eigenvalue weighted by Crippen LogP contribution is -2.28. The van der Waals surface area contributed by atoms with Crippen molar-refractivity contribution in [2.24, 2.45) is 7.05 Å². The summed E-state index contributed by atoms with van der Waals surface area (Å²) in [7, 11) is 1.79. The summed E-state index contributed by atoms with van der Waals surface area (Å²) >= 11 is 0. The molecule has 0 saturated carbocycles. The Morgan fingerprint density at radius 3 is 2.87 bits per heavy atom. The number of hydrogen-bond donors (Lipinski definition) is 2. The first-order valence-corrected chi connectivity index (χ1v) is 7.01. The summed E-state index contributed by atoms with van der Waals surface area (Å²) < 4.78 is 15.7. The molecule has 3 rings (SSSR count). The first-order chi connectivity index (χ1) is 11.1. The van der Waals surface area contributed by atoms with Crippen LogP contribution in [0.15, 0.2) is 36.8 Å². The van der Waals surface area contributed by atoms with Gasteiger partial charge >= 0.3 is 0 Å². The second kappa shape index (κ2) is 5.99. The number of carbonyl (C=O) groups excluding carboxylic acids is 1. The minimum Gasteiger partial charge on any atom is -0.342 e. The monoisotopic (exact) mass is 314 g/mol. The largest absolute Gasteiger partial charge is 0.342 e. The van der Waals surface area contributed by atoms with Crippen LogP contribution in [0.3, 0.4) is 0 Å². The van der Waals surface area contributed by atoms with E-state index in [2.05, 4.69) is 25.7 Å². The highest BCUT2D eigenvalue weighted by Crippen LogP contribution is 2.24. The van der Waals surface area contributed by atoms with Gasteiger partial charge in [-0.25, -0.2) is 4.39 Å². The molecule has 2 N–H and O–H groups in total. The maximum atomic E-state index is 13.9. The van der Waals surface area contributed by atoms with Gasteiger partial charge in [-0.1, -0.05) is 12.1 Å². The maximum absolute atomic E-state index is 13.9. The van der Waals surface area contributed by atoms with Crippen molar-refractivity contribution in [3.63, 3.8) is 0 Å². The molecule has 0 radical (unpaired) electrons. The Morgan fingerprint density at radius 2 is 2.17 bits per heavy atom. The summed E-state index contributed by atoms with van der Waals surface area (Å²) in [5.41, 5.74) is 0.899. The SMILES string of the molecule is C[C@@H](NC(=O)c1cn[nH]c1-c1ccccc1F)c1nncn1C. The third-order valence-electron chi connectivity index (χ3n) is 3.51. The van der Waals surface area contributed by atoms with Crippen molar-refractivity contribution in [2.45, 2.75) is 13.0 Å². The second-order valence-electron chi connectivity index (χ2n) is 5.13. The molecule has 3 aromatic rings. The van der Waals surface area contributed by atoms with Gasteiger partial charge in [-0.05, 0) is 19.1 Å². The van der Waals surface area contributed by atoms with Crippen molar-refractivity contribution < 1.29 is 9.18 Å². The van der Waals surface area contributed by atoms with Crippen molar-refractivity contribution in [3.8, 4) is 11.3 Å². The van der Waals surface area contributed by atoms with Gasteiger partial charge in [0.25, 0.3) is 5.91 Å². The molecule has 0 aliphatic rings. The molecule has 7 nitrogen and oxygen atoms in total. The lowest BCUT2D eigenvalue weighted by atomic mass is 10.1. The Balaban J connectivity index is 1.86. The van der Waals surface area contributed by atoms with E-state index >= 15 is 0 Å². The van der Waals surface area contributed by atoms with Gasteiger partial charge < -0.3 is 9.88 Å². The topological polar surface area (TPSA) is 88.5 Å². The number of aromatic nitrogens is 5. The Kier molecular flexibility index (Phi) is 3.88. The van der Waals surface area contributed by atoms with Crippen LogP contribution < -0.4 is 5.32 Å². The maximum Gasteiger partial charge on any atom is 0.255 e. The van der Waals surface area contributed by atoms with E-state index in [9.17, 15) is 9.18 Å². The van der Waals surface area contributed by atoms with Gasteiger partial charge in [-0.15, -0.1) is 10.2 Å². The normalized spacial score (nSPS) is 12.1. The molecule has 0 bridgehead atoms. The van der Waals surface area contributed by atoms with Gasteiger partial charge in [0.2, 0.25) is 0 Å². The van der Waals surface area contributed by atoms with Crippen LogP contribution in [0.4, 0.5) is 4.39 Å². The van der Waals surface area contributed by atoms with E-state index in [0.717, 1.165) is 0 Å². The first kappa shape index (κ1) is 14.9. The van der Waals surface area contributed by atoms with Crippen LogP contribution in [0.1, 0.15) is 29.1 Å². The van der Waals surface area contributed by atoms with E-state index in [-0.39, 0.29) is 17.5 Å². The smallest absolute Gasteiger partial charge is 0.255 e. The van der Waals surface area contributed by atoms with E-state index < -0.39 is 5.82 Å². The van der Waals surface area contributed by atoms with E-state index in [1.165, 1.54) is 12.3 Å². The lowest BCUT2D eigenvalue weighted by molar-refractivity contribution is 0.0938. The van der Waals surface area contributed by atoms with Crippen molar-refractivity contribution >= 4 is 5.91 Å². The number of carbonyl (C=O) groups is 1. The minimum absolute atomic E-state index is 0.268. The highest BCUT2D eigenvalue weighted by Gasteiger charge is 2.21. The van der Waals surface area contributed by atoms with Gasteiger partial charge in [-0.3, -0.25) is 9.89 Å². The molecule has 1 atom stereocenters. The number of nitrogens with one attached hydrogen (secondary N) is 2. The van der Waals surface area contributed by atoms with Crippen LogP contribution >= 0.6 is 0 Å². The Labute approximate surface area is 131 Å². The predicted octanol–water partition coefficient (Wildman–Crippen LogP) is 1.84. The average molecular weight is 314 g/mol. The van der Waals surface area contributed by atoms with Crippen molar-refractivity contribution in [1.29, 1.82) is 0 Å². The van der Waals surface area contributed by atoms with E-state index in [0.29, 0.717) is 17.1 Å². The first-order valence-electron chi connectivity index (χ1n) is 7.01. The number of halogens is 1. The molecule has 2 heterocycles. The summed E-state index contributed by atoms with van der Waals surface area (Å²) in [6.07, 6.45) is 2.93. The summed E-state index contributed by atoms with van der Waals surface area (Å²) in [6.45, 7) is 1.80. The average Bonchev–Trinajstić information content (AvgIpc) is 3.16. The van der Waals surface area contributed by atoms with E-state index in [1.54, 1.807) is 43.1 Å². The number of H-pyrrole nitrogens is 1. The Morgan fingerprint density at radius 1 is 1.39 bits per heavy atom. The highest BCUT2D eigenvalue weighted by molar-refractivity contribution is 5.99. The van der Waals surface area contributed by atoms with Crippen molar-refractivity contribution in [2.75, 3.05) is 0 Å². The molecule has 0 aliphatic heterocycles. The molecule has 118 valence electrons. The van der Waals surface area contributed by atoms with Gasteiger partial charge in [-0.2, -0.15) is 5.10 Å². The van der Waals surface area contributed by atoms with Crippen molar-refractivity contribution in [1.82, 2.24) is 30.3 Å². The number of rotatable bonds is 4. The lowest BCUT2D eigenvalue weighted by Gasteiger charge is -2.13. The van der Waals surface area contributed by atoms with Gasteiger partial charge in [0, 0.05) is 12.6 Å². The minimum atomic E-state index is -0.424. The fourth-order valence-electron chi connectivity index (χ4n) is 2.35. The number of nitrogens with zero attached hydrogens (tertiary/aromatic N) is 4. The van der Waals surface area contributed by atoms with Crippen LogP contribution in [-0.2, 0) is 7.05 Å². The quantitative estimate of drug-likeness (QED) is 0.769. The molecule has 8 heteroatoms. The van der Waals surface area contributed by atoms with E-state index in [1.807, 2.05) is 0 Å². The fraction of sp³-hybridized carbons (Fsp3) is 0.200. The Hall–Kier alpha value is -3.03. The summed E-state index contributed by atoms with van der Waals surface area (Å²) in [5, 5.41) is 17.1. The molecule has 0 aliphatic carbocycles. The zero-order chi connectivity index (χ0) is 16.4. The highest BCUT2D eigenvalue weighted by atomic mass is 19.1. The molecule has 23 heavy (non-hydrogen) atoms. The summed E-state index contributed by atoms with van der Waals surface area (Å²) in [5.74, 6) is -0.172. The van der Waals surface area contributed by atoms with E-state index in [4.69, 9.17) is 0 Å². The number of aryl methyl sites for hydroxylation is 1. The zero-order valence-electron chi connectivity index (χ0n) is 12.6. The van der Waals surface area contributed by atoms with Gasteiger partial charge in [0.05, 0.1) is 23.5 Å². The molecule has 1 aromatic carbocycles. The molecule has 2 aromatic heterocycles. The molecule has 0 saturated heterocycles. The fourth-order valence-corrected chi connectivity index (χ4v) is 2.35. The van der Waals surface area contributed by atoms with Crippen LogP contribution in [0.5, 0.6) is 0 Å². The number of benzene rings is 1. The third-order valence-corrected chi connectivity index (χ3v) is 3.51. The zero-order valence-corrected chi connectivity index (χ0v) is 12.6. The molecule has 0 spiro atoms. The predicted molar refractivity (Wildman–Crippen MR) is 80.9 cm³/mol. The van der Waals surface area contributed by atoms with Crippen LogP contribution in [0.2, 0.25) is 0 Å². The number of aromatic amines is 1.